The second-order valence-corrected chi connectivity index (χ2v) is 5.64. The molecule has 1 aliphatic rings. The molecule has 0 saturated heterocycles. The van der Waals surface area contributed by atoms with E-state index in [1.807, 2.05) is 12.1 Å². The van der Waals surface area contributed by atoms with Crippen LogP contribution in [-0.2, 0) is 16.1 Å². The van der Waals surface area contributed by atoms with Crippen LogP contribution in [0.3, 0.4) is 0 Å². The molecule has 7 nitrogen and oxygen atoms in total. The van der Waals surface area contributed by atoms with Crippen molar-refractivity contribution in [2.24, 2.45) is 0 Å². The van der Waals surface area contributed by atoms with Crippen LogP contribution in [0, 0.1) is 0 Å². The van der Waals surface area contributed by atoms with Gasteiger partial charge in [-0.15, -0.1) is 0 Å². The third-order valence-corrected chi connectivity index (χ3v) is 3.73. The smallest absolute Gasteiger partial charge is 0.244 e. The Kier molecular flexibility index (Phi) is 5.13. The summed E-state index contributed by atoms with van der Waals surface area (Å²) in [5.74, 6) is 0.812. The lowest BCUT2D eigenvalue weighted by atomic mass is 10.2. The van der Waals surface area contributed by atoms with Crippen LogP contribution in [0.4, 0.5) is 5.69 Å². The minimum Gasteiger partial charge on any atom is -0.486 e. The maximum Gasteiger partial charge on any atom is 0.244 e. The van der Waals surface area contributed by atoms with Crippen molar-refractivity contribution in [2.45, 2.75) is 13.5 Å². The molecule has 7 heteroatoms. The molecule has 0 bridgehead atoms. The Morgan fingerprint density at radius 1 is 1.12 bits per heavy atom. The number of hydrogen-bond donors (Lipinski definition) is 1. The van der Waals surface area contributed by atoms with Crippen LogP contribution < -0.4 is 14.8 Å². The molecule has 1 aliphatic heterocycles. The predicted molar refractivity (Wildman–Crippen MR) is 91.4 cm³/mol. The number of nitrogens with zero attached hydrogens (tertiary/aromatic N) is 2. The molecule has 2 amide bonds. The van der Waals surface area contributed by atoms with Gasteiger partial charge in [-0.2, -0.15) is 0 Å². The third-order valence-electron chi connectivity index (χ3n) is 3.73. The number of aromatic nitrogens is 1. The number of pyridine rings is 1. The predicted octanol–water partition coefficient (Wildman–Crippen LogP) is 1.84. The topological polar surface area (TPSA) is 80.8 Å². The molecular formula is C18H19N3O4. The Hall–Kier alpha value is -3.09. The zero-order chi connectivity index (χ0) is 17.6. The standard InChI is InChI=1S/C18H19N3O4/c1-13(22)21(11-14-4-6-19-7-5-14)12-18(23)20-15-2-3-16-17(10-15)25-9-8-24-16/h2-7,10H,8-9,11-12H2,1H3,(H,20,23). The third kappa shape index (κ3) is 4.47. The number of nitrogens with one attached hydrogen (secondary N) is 1. The Labute approximate surface area is 145 Å². The highest BCUT2D eigenvalue weighted by atomic mass is 16.6. The first-order valence-corrected chi connectivity index (χ1v) is 7.96. The van der Waals surface area contributed by atoms with Crippen molar-refractivity contribution in [2.75, 3.05) is 25.1 Å². The maximum absolute atomic E-state index is 12.3. The van der Waals surface area contributed by atoms with Gasteiger partial charge in [-0.3, -0.25) is 14.6 Å². The highest BCUT2D eigenvalue weighted by molar-refractivity contribution is 5.94. The number of rotatable bonds is 5. The largest absolute Gasteiger partial charge is 0.486 e. The molecular weight excluding hydrogens is 322 g/mol. The minimum absolute atomic E-state index is 0.0356. The van der Waals surface area contributed by atoms with Crippen LogP contribution in [0.2, 0.25) is 0 Å². The highest BCUT2D eigenvalue weighted by Crippen LogP contribution is 2.32. The normalized spacial score (nSPS) is 12.4. The number of carbonyl (C=O) groups is 2. The number of amides is 2. The first-order valence-electron chi connectivity index (χ1n) is 7.96. The van der Waals surface area contributed by atoms with Crippen molar-refractivity contribution in [3.05, 3.63) is 48.3 Å². The fourth-order valence-electron chi connectivity index (χ4n) is 2.48. The average molecular weight is 341 g/mol. The summed E-state index contributed by atoms with van der Waals surface area (Å²) >= 11 is 0. The van der Waals surface area contributed by atoms with Gasteiger partial charge in [0.1, 0.15) is 19.8 Å². The van der Waals surface area contributed by atoms with E-state index in [2.05, 4.69) is 10.3 Å². The molecule has 2 heterocycles. The van der Waals surface area contributed by atoms with Gasteiger partial charge in [-0.05, 0) is 29.8 Å². The monoisotopic (exact) mass is 341 g/mol. The Morgan fingerprint density at radius 2 is 1.84 bits per heavy atom. The zero-order valence-corrected chi connectivity index (χ0v) is 13.9. The molecule has 0 saturated carbocycles. The molecule has 0 aliphatic carbocycles. The van der Waals surface area contributed by atoms with Gasteiger partial charge in [0.2, 0.25) is 11.8 Å². The van der Waals surface area contributed by atoms with Crippen LogP contribution >= 0.6 is 0 Å². The van der Waals surface area contributed by atoms with Crippen LogP contribution in [0.15, 0.2) is 42.7 Å². The summed E-state index contributed by atoms with van der Waals surface area (Å²) in [6, 6.07) is 8.84. The van der Waals surface area contributed by atoms with Gasteiger partial charge in [-0.25, -0.2) is 0 Å². The van der Waals surface area contributed by atoms with Crippen LogP contribution in [0.5, 0.6) is 11.5 Å². The maximum atomic E-state index is 12.3. The molecule has 0 radical (unpaired) electrons. The molecule has 130 valence electrons. The summed E-state index contributed by atoms with van der Waals surface area (Å²) in [6.45, 7) is 2.76. The Balaban J connectivity index is 1.62. The van der Waals surface area contributed by atoms with Crippen LogP contribution in [0.25, 0.3) is 0 Å². The molecule has 0 atom stereocenters. The summed E-state index contributed by atoms with van der Waals surface area (Å²) in [4.78, 5) is 29.5. The molecule has 0 fully saturated rings. The summed E-state index contributed by atoms with van der Waals surface area (Å²) in [6.07, 6.45) is 3.31. The number of benzene rings is 1. The SMILES string of the molecule is CC(=O)N(CC(=O)Nc1ccc2c(c1)OCCO2)Cc1ccncc1. The Bertz CT molecular complexity index is 764. The van der Waals surface area contributed by atoms with Crippen molar-refractivity contribution >= 4 is 17.5 Å². The molecule has 2 aromatic rings. The molecule has 0 unspecified atom stereocenters. The van der Waals surface area contributed by atoms with E-state index >= 15 is 0 Å². The van der Waals surface area contributed by atoms with E-state index in [1.54, 1.807) is 30.6 Å². The van der Waals surface area contributed by atoms with Gasteiger partial charge >= 0.3 is 0 Å². The van der Waals surface area contributed by atoms with Gasteiger partial charge in [-0.1, -0.05) is 0 Å². The zero-order valence-electron chi connectivity index (χ0n) is 13.9. The van der Waals surface area contributed by atoms with E-state index in [9.17, 15) is 9.59 Å². The fraction of sp³-hybridized carbons (Fsp3) is 0.278. The van der Waals surface area contributed by atoms with Gasteiger partial charge < -0.3 is 19.7 Å². The van der Waals surface area contributed by atoms with Crippen molar-refractivity contribution in [3.63, 3.8) is 0 Å². The number of ether oxygens (including phenoxy) is 2. The van der Waals surface area contributed by atoms with Crippen molar-refractivity contribution in [1.29, 1.82) is 0 Å². The molecule has 1 aromatic carbocycles. The van der Waals surface area contributed by atoms with Crippen molar-refractivity contribution in [1.82, 2.24) is 9.88 Å². The number of hydrogen-bond acceptors (Lipinski definition) is 5. The fourth-order valence-corrected chi connectivity index (χ4v) is 2.48. The van der Waals surface area contributed by atoms with E-state index in [0.29, 0.717) is 36.9 Å². The lowest BCUT2D eigenvalue weighted by molar-refractivity contribution is -0.133. The summed E-state index contributed by atoms with van der Waals surface area (Å²) in [5, 5.41) is 2.78. The highest BCUT2D eigenvalue weighted by Gasteiger charge is 2.16. The quantitative estimate of drug-likeness (QED) is 0.897. The summed E-state index contributed by atoms with van der Waals surface area (Å²) < 4.78 is 10.9. The second kappa shape index (κ2) is 7.65. The molecule has 0 spiro atoms. The van der Waals surface area contributed by atoms with E-state index < -0.39 is 0 Å². The van der Waals surface area contributed by atoms with Gasteiger partial charge in [0, 0.05) is 37.6 Å². The number of fused-ring (bicyclic) bond motifs is 1. The summed E-state index contributed by atoms with van der Waals surface area (Å²) in [5.41, 5.74) is 1.51. The molecule has 3 rings (SSSR count). The van der Waals surface area contributed by atoms with Crippen molar-refractivity contribution in [3.8, 4) is 11.5 Å². The van der Waals surface area contributed by atoms with Crippen molar-refractivity contribution < 1.29 is 19.1 Å². The number of carbonyl (C=O) groups excluding carboxylic acids is 2. The Morgan fingerprint density at radius 3 is 2.56 bits per heavy atom. The first kappa shape index (κ1) is 16.8. The number of anilines is 1. The lowest BCUT2D eigenvalue weighted by Gasteiger charge is -2.21. The molecule has 25 heavy (non-hydrogen) atoms. The van der Waals surface area contributed by atoms with Crippen LogP contribution in [0.1, 0.15) is 12.5 Å². The van der Waals surface area contributed by atoms with E-state index in [1.165, 1.54) is 11.8 Å². The second-order valence-electron chi connectivity index (χ2n) is 5.64. The molecule has 1 aromatic heterocycles. The van der Waals surface area contributed by atoms with Crippen LogP contribution in [-0.4, -0.2) is 41.5 Å². The average Bonchev–Trinajstić information content (AvgIpc) is 2.62. The van der Waals surface area contributed by atoms with E-state index in [-0.39, 0.29) is 18.4 Å². The summed E-state index contributed by atoms with van der Waals surface area (Å²) in [7, 11) is 0. The lowest BCUT2D eigenvalue weighted by Crippen LogP contribution is -2.36. The first-order chi connectivity index (χ1) is 12.1. The minimum atomic E-state index is -0.277. The van der Waals surface area contributed by atoms with Gasteiger partial charge in [0.25, 0.3) is 0 Å². The van der Waals surface area contributed by atoms with E-state index in [4.69, 9.17) is 9.47 Å². The van der Waals surface area contributed by atoms with E-state index in [0.717, 1.165) is 5.56 Å². The van der Waals surface area contributed by atoms with Gasteiger partial charge in [0.15, 0.2) is 11.5 Å². The van der Waals surface area contributed by atoms with Gasteiger partial charge in [0.05, 0.1) is 0 Å². The molecule has 1 N–H and O–H groups in total.